The van der Waals surface area contributed by atoms with Gasteiger partial charge in [-0.05, 0) is 49.6 Å². The van der Waals surface area contributed by atoms with E-state index in [1.54, 1.807) is 34.9 Å². The number of aliphatic hydroxyl groups is 2. The molecule has 3 aromatic heterocycles. The van der Waals surface area contributed by atoms with Gasteiger partial charge in [-0.1, -0.05) is 57.3 Å². The average Bonchev–Trinajstić information content (AvgIpc) is 3.47. The van der Waals surface area contributed by atoms with Gasteiger partial charge >= 0.3 is 0 Å². The second-order valence-electron chi connectivity index (χ2n) is 11.2. The Bertz CT molecular complexity index is 1590. The largest absolute Gasteiger partial charge is 0.486 e. The second kappa shape index (κ2) is 12.6. The summed E-state index contributed by atoms with van der Waals surface area (Å²) in [7, 11) is 0. The molecule has 1 unspecified atom stereocenters. The number of aliphatic hydroxyl groups excluding tert-OH is 1. The van der Waals surface area contributed by atoms with Gasteiger partial charge < -0.3 is 19.4 Å². The van der Waals surface area contributed by atoms with Crippen LogP contribution in [0.4, 0.5) is 0 Å². The maximum atomic E-state index is 14.1. The zero-order chi connectivity index (χ0) is 30.1. The molecule has 2 N–H and O–H groups in total. The van der Waals surface area contributed by atoms with Crippen molar-refractivity contribution in [2.45, 2.75) is 66.8 Å². The molecular weight excluding hydrogens is 583 g/mol. The number of Topliss-reactive ketones (excluding diaryl/α,β-unsaturated/α-hetero) is 1. The standard InChI is InChI=1S/C31H34Cl2N2O5S/c1-6-7-19(30(38)39)12-21-26(29(37)31(3,4)5)24-14-20(40-15-25-34-17(2)16-41-25)10-11-35(24)27(21)28(36)18-8-9-22(32)23(33)13-18/h8-11,13-14,16,19,30,38-39H,6-7,12,15H2,1-5H3. The third-order valence-electron chi connectivity index (χ3n) is 6.89. The number of ketones is 2. The van der Waals surface area contributed by atoms with Crippen molar-refractivity contribution in [2.24, 2.45) is 11.3 Å². The molecule has 41 heavy (non-hydrogen) atoms. The first-order valence-electron chi connectivity index (χ1n) is 13.4. The molecule has 1 atom stereocenters. The van der Waals surface area contributed by atoms with E-state index in [-0.39, 0.29) is 35.3 Å². The third kappa shape index (κ3) is 6.84. The highest BCUT2D eigenvalue weighted by Crippen LogP contribution is 2.36. The van der Waals surface area contributed by atoms with Crippen molar-refractivity contribution in [3.63, 3.8) is 0 Å². The van der Waals surface area contributed by atoms with Crippen LogP contribution < -0.4 is 4.74 Å². The highest BCUT2D eigenvalue weighted by Gasteiger charge is 2.35. The minimum Gasteiger partial charge on any atom is -0.486 e. The summed E-state index contributed by atoms with van der Waals surface area (Å²) in [5.74, 6) is -0.615. The summed E-state index contributed by atoms with van der Waals surface area (Å²) in [6, 6.07) is 8.12. The molecule has 0 aliphatic rings. The highest BCUT2D eigenvalue weighted by molar-refractivity contribution is 7.09. The number of fused-ring (bicyclic) bond motifs is 1. The minimum absolute atomic E-state index is 0.112. The average molecular weight is 618 g/mol. The van der Waals surface area contributed by atoms with Gasteiger partial charge in [0, 0.05) is 45.8 Å². The number of aryl methyl sites for hydroxylation is 1. The first-order valence-corrected chi connectivity index (χ1v) is 15.1. The predicted molar refractivity (Wildman–Crippen MR) is 163 cm³/mol. The normalized spacial score (nSPS) is 12.7. The van der Waals surface area contributed by atoms with Gasteiger partial charge in [-0.25, -0.2) is 4.98 Å². The Morgan fingerprint density at radius 1 is 1.12 bits per heavy atom. The number of pyridine rings is 1. The fourth-order valence-corrected chi connectivity index (χ4v) is 5.81. The second-order valence-corrected chi connectivity index (χ2v) is 13.0. The number of rotatable bonds is 11. The van der Waals surface area contributed by atoms with Gasteiger partial charge in [-0.2, -0.15) is 0 Å². The lowest BCUT2D eigenvalue weighted by Crippen LogP contribution is -2.26. The van der Waals surface area contributed by atoms with Crippen LogP contribution in [0.15, 0.2) is 41.9 Å². The number of thiazole rings is 1. The van der Waals surface area contributed by atoms with E-state index in [1.807, 2.05) is 40.0 Å². The van der Waals surface area contributed by atoms with E-state index in [2.05, 4.69) is 4.98 Å². The number of halogens is 2. The molecule has 0 aliphatic carbocycles. The molecule has 0 spiro atoms. The number of hydrogen-bond acceptors (Lipinski definition) is 7. The number of nitrogens with zero attached hydrogens (tertiary/aromatic N) is 2. The summed E-state index contributed by atoms with van der Waals surface area (Å²) in [4.78, 5) is 32.6. The maximum Gasteiger partial charge on any atom is 0.210 e. The highest BCUT2D eigenvalue weighted by atomic mass is 35.5. The van der Waals surface area contributed by atoms with Crippen molar-refractivity contribution >= 4 is 51.6 Å². The molecule has 0 saturated heterocycles. The van der Waals surface area contributed by atoms with Gasteiger partial charge in [0.1, 0.15) is 17.4 Å². The smallest absolute Gasteiger partial charge is 0.210 e. The number of carbonyl (C=O) groups is 2. The summed E-state index contributed by atoms with van der Waals surface area (Å²) >= 11 is 13.9. The first-order chi connectivity index (χ1) is 19.3. The van der Waals surface area contributed by atoms with E-state index in [4.69, 9.17) is 27.9 Å². The Labute approximate surface area is 253 Å². The molecule has 0 bridgehead atoms. The lowest BCUT2D eigenvalue weighted by Gasteiger charge is -2.21. The fraction of sp³-hybridized carbons (Fsp3) is 0.387. The molecule has 0 saturated carbocycles. The summed E-state index contributed by atoms with van der Waals surface area (Å²) in [5.41, 5.74) is 2.00. The van der Waals surface area contributed by atoms with E-state index in [1.165, 1.54) is 17.4 Å². The Morgan fingerprint density at radius 3 is 2.44 bits per heavy atom. The van der Waals surface area contributed by atoms with Crippen LogP contribution in [0.25, 0.3) is 5.52 Å². The summed E-state index contributed by atoms with van der Waals surface area (Å²) < 4.78 is 7.73. The number of aromatic nitrogens is 2. The Hall–Kier alpha value is -2.75. The molecule has 0 aliphatic heterocycles. The van der Waals surface area contributed by atoms with Gasteiger partial charge in [0.25, 0.3) is 0 Å². The third-order valence-corrected chi connectivity index (χ3v) is 8.57. The van der Waals surface area contributed by atoms with E-state index in [9.17, 15) is 19.8 Å². The minimum atomic E-state index is -1.62. The number of hydrogen-bond donors (Lipinski definition) is 2. The molecule has 0 amide bonds. The van der Waals surface area contributed by atoms with E-state index < -0.39 is 17.6 Å². The Kier molecular flexibility index (Phi) is 9.61. The number of ether oxygens (including phenoxy) is 1. The van der Waals surface area contributed by atoms with Crippen LogP contribution in [0.1, 0.15) is 83.2 Å². The van der Waals surface area contributed by atoms with Crippen molar-refractivity contribution in [2.75, 3.05) is 0 Å². The molecule has 7 nitrogen and oxygen atoms in total. The van der Waals surface area contributed by atoms with Crippen LogP contribution in [0.5, 0.6) is 5.75 Å². The van der Waals surface area contributed by atoms with Crippen LogP contribution in [0, 0.1) is 18.3 Å². The van der Waals surface area contributed by atoms with Crippen molar-refractivity contribution in [3.8, 4) is 5.75 Å². The topological polar surface area (TPSA) is 101 Å². The molecule has 0 radical (unpaired) electrons. The van der Waals surface area contributed by atoms with Crippen molar-refractivity contribution in [1.29, 1.82) is 0 Å². The Morgan fingerprint density at radius 2 is 1.85 bits per heavy atom. The van der Waals surface area contributed by atoms with Gasteiger partial charge in [-0.15, -0.1) is 11.3 Å². The quantitative estimate of drug-likeness (QED) is 0.135. The van der Waals surface area contributed by atoms with Crippen LogP contribution >= 0.6 is 34.5 Å². The van der Waals surface area contributed by atoms with Gasteiger partial charge in [0.2, 0.25) is 5.78 Å². The molecule has 1 aromatic carbocycles. The molecule has 218 valence electrons. The molecule has 0 fully saturated rings. The molecule has 4 aromatic rings. The zero-order valence-electron chi connectivity index (χ0n) is 23.7. The number of carbonyl (C=O) groups excluding carboxylic acids is 2. The first kappa shape index (κ1) is 31.2. The maximum absolute atomic E-state index is 14.1. The zero-order valence-corrected chi connectivity index (χ0v) is 26.0. The molecular formula is C31H34Cl2N2O5S. The molecule has 3 heterocycles. The van der Waals surface area contributed by atoms with Gasteiger partial charge in [0.05, 0.1) is 21.3 Å². The van der Waals surface area contributed by atoms with E-state index >= 15 is 0 Å². The van der Waals surface area contributed by atoms with Crippen LogP contribution in [0.3, 0.4) is 0 Å². The predicted octanol–water partition coefficient (Wildman–Crippen LogP) is 7.32. The lowest BCUT2D eigenvalue weighted by molar-refractivity contribution is -0.0857. The SMILES string of the molecule is CCCC(Cc1c(C(=O)C(C)(C)C)c2cc(OCc3nc(C)cs3)ccn2c1C(=O)c1ccc(Cl)c(Cl)c1)C(O)O. The summed E-state index contributed by atoms with van der Waals surface area (Å²) in [5, 5.41) is 23.8. The van der Waals surface area contributed by atoms with Gasteiger partial charge in [-0.3, -0.25) is 9.59 Å². The molecule has 4 rings (SSSR count). The Balaban J connectivity index is 1.96. The van der Waals surface area contributed by atoms with E-state index in [0.717, 1.165) is 10.7 Å². The van der Waals surface area contributed by atoms with E-state index in [0.29, 0.717) is 45.8 Å². The van der Waals surface area contributed by atoms with Crippen molar-refractivity contribution in [3.05, 3.63) is 85.0 Å². The van der Waals surface area contributed by atoms with Crippen LogP contribution in [-0.4, -0.2) is 37.5 Å². The summed E-state index contributed by atoms with van der Waals surface area (Å²) in [6.07, 6.45) is 1.39. The van der Waals surface area contributed by atoms with Crippen molar-refractivity contribution < 1.29 is 24.5 Å². The lowest BCUT2D eigenvalue weighted by atomic mass is 9.82. The fourth-order valence-electron chi connectivity index (χ4n) is 4.83. The molecule has 10 heteroatoms. The van der Waals surface area contributed by atoms with Crippen molar-refractivity contribution in [1.82, 2.24) is 9.38 Å². The summed E-state index contributed by atoms with van der Waals surface area (Å²) in [6.45, 7) is 9.58. The van der Waals surface area contributed by atoms with Crippen LogP contribution in [-0.2, 0) is 13.0 Å². The number of benzene rings is 1. The monoisotopic (exact) mass is 616 g/mol. The van der Waals surface area contributed by atoms with Gasteiger partial charge in [0.15, 0.2) is 12.1 Å². The van der Waals surface area contributed by atoms with Crippen LogP contribution in [0.2, 0.25) is 10.0 Å².